The molecule has 0 unspecified atom stereocenters. The van der Waals surface area contributed by atoms with Crippen LogP contribution in [0.2, 0.25) is 5.02 Å². The minimum atomic E-state index is 0.187. The number of aliphatic hydroxyl groups excluding tert-OH is 1. The number of hydrogen-bond acceptors (Lipinski definition) is 4. The molecule has 4 nitrogen and oxygen atoms in total. The van der Waals surface area contributed by atoms with Gasteiger partial charge in [-0.2, -0.15) is 0 Å². The maximum Gasteiger partial charge on any atom is 0.162 e. The van der Waals surface area contributed by atoms with E-state index in [1.165, 1.54) is 0 Å². The Morgan fingerprint density at radius 2 is 1.88 bits per heavy atom. The summed E-state index contributed by atoms with van der Waals surface area (Å²) in [7, 11) is 3.17. The first-order valence-corrected chi connectivity index (χ1v) is 5.82. The molecule has 96 valence electrons. The van der Waals surface area contributed by atoms with Crippen molar-refractivity contribution >= 4 is 11.6 Å². The van der Waals surface area contributed by atoms with Gasteiger partial charge in [-0.1, -0.05) is 11.6 Å². The molecule has 0 saturated carbocycles. The molecule has 0 heterocycles. The van der Waals surface area contributed by atoms with Crippen molar-refractivity contribution in [3.63, 3.8) is 0 Å². The molecule has 1 aromatic carbocycles. The van der Waals surface area contributed by atoms with E-state index in [-0.39, 0.29) is 6.61 Å². The summed E-state index contributed by atoms with van der Waals surface area (Å²) in [5.74, 6) is 1.28. The van der Waals surface area contributed by atoms with Crippen LogP contribution in [0.1, 0.15) is 12.0 Å². The summed E-state index contributed by atoms with van der Waals surface area (Å²) in [6, 6.07) is 3.59. The van der Waals surface area contributed by atoms with Crippen LogP contribution in [-0.4, -0.2) is 32.5 Å². The highest BCUT2D eigenvalue weighted by molar-refractivity contribution is 6.31. The summed E-state index contributed by atoms with van der Waals surface area (Å²) in [5, 5.41) is 12.5. The maximum atomic E-state index is 8.67. The molecule has 0 saturated heterocycles. The van der Waals surface area contributed by atoms with E-state index in [1.54, 1.807) is 20.3 Å². The Balaban J connectivity index is 2.71. The number of nitrogens with one attached hydrogen (secondary N) is 1. The van der Waals surface area contributed by atoms with E-state index in [0.717, 1.165) is 18.5 Å². The summed E-state index contributed by atoms with van der Waals surface area (Å²) < 4.78 is 10.4. The van der Waals surface area contributed by atoms with E-state index < -0.39 is 0 Å². The first-order chi connectivity index (χ1) is 8.22. The normalized spacial score (nSPS) is 10.4. The lowest BCUT2D eigenvalue weighted by molar-refractivity contribution is 0.286. The van der Waals surface area contributed by atoms with Gasteiger partial charge in [-0.05, 0) is 24.6 Å². The van der Waals surface area contributed by atoms with Gasteiger partial charge in [0.05, 0.1) is 14.2 Å². The SMILES string of the molecule is COc1cc(Cl)c(CNCCCO)cc1OC. The molecule has 0 fully saturated rings. The van der Waals surface area contributed by atoms with Crippen LogP contribution in [0.5, 0.6) is 11.5 Å². The van der Waals surface area contributed by atoms with Crippen molar-refractivity contribution in [3.05, 3.63) is 22.7 Å². The monoisotopic (exact) mass is 259 g/mol. The van der Waals surface area contributed by atoms with Crippen molar-refractivity contribution in [1.29, 1.82) is 0 Å². The largest absolute Gasteiger partial charge is 0.493 e. The van der Waals surface area contributed by atoms with Crippen LogP contribution in [0.3, 0.4) is 0 Å². The Hall–Kier alpha value is -0.970. The molecule has 0 aliphatic rings. The van der Waals surface area contributed by atoms with Crippen LogP contribution >= 0.6 is 11.6 Å². The Kier molecular flexibility index (Phi) is 6.11. The third kappa shape index (κ3) is 4.07. The van der Waals surface area contributed by atoms with E-state index in [1.807, 2.05) is 6.07 Å². The molecule has 0 aromatic heterocycles. The molecule has 0 radical (unpaired) electrons. The summed E-state index contributed by atoms with van der Waals surface area (Å²) in [5.41, 5.74) is 0.947. The van der Waals surface area contributed by atoms with Crippen LogP contribution in [-0.2, 0) is 6.54 Å². The van der Waals surface area contributed by atoms with Gasteiger partial charge in [-0.15, -0.1) is 0 Å². The van der Waals surface area contributed by atoms with Crippen LogP contribution < -0.4 is 14.8 Å². The Bertz CT molecular complexity index is 358. The molecule has 0 aliphatic heterocycles. The van der Waals surface area contributed by atoms with E-state index in [2.05, 4.69) is 5.32 Å². The quantitative estimate of drug-likeness (QED) is 0.734. The van der Waals surface area contributed by atoms with Crippen LogP contribution in [0.25, 0.3) is 0 Å². The predicted molar refractivity (Wildman–Crippen MR) is 68.0 cm³/mol. The average molecular weight is 260 g/mol. The molecular weight excluding hydrogens is 242 g/mol. The molecule has 2 N–H and O–H groups in total. The van der Waals surface area contributed by atoms with Crippen molar-refractivity contribution in [2.45, 2.75) is 13.0 Å². The van der Waals surface area contributed by atoms with Crippen LogP contribution in [0, 0.1) is 0 Å². The van der Waals surface area contributed by atoms with Gasteiger partial charge in [0, 0.05) is 24.2 Å². The predicted octanol–water partition coefficient (Wildman–Crippen LogP) is 1.83. The fourth-order valence-corrected chi connectivity index (χ4v) is 1.68. The van der Waals surface area contributed by atoms with Crippen molar-refractivity contribution < 1.29 is 14.6 Å². The highest BCUT2D eigenvalue weighted by Crippen LogP contribution is 2.32. The molecule has 0 atom stereocenters. The van der Waals surface area contributed by atoms with Crippen LogP contribution in [0.15, 0.2) is 12.1 Å². The van der Waals surface area contributed by atoms with Gasteiger partial charge in [0.15, 0.2) is 11.5 Å². The lowest BCUT2D eigenvalue weighted by Crippen LogP contribution is -2.16. The highest BCUT2D eigenvalue weighted by Gasteiger charge is 2.09. The zero-order valence-corrected chi connectivity index (χ0v) is 10.9. The Morgan fingerprint density at radius 3 is 2.47 bits per heavy atom. The Morgan fingerprint density at radius 1 is 1.24 bits per heavy atom. The molecule has 17 heavy (non-hydrogen) atoms. The zero-order valence-electron chi connectivity index (χ0n) is 10.1. The fraction of sp³-hybridized carbons (Fsp3) is 0.500. The Labute approximate surface area is 106 Å². The number of ether oxygens (including phenoxy) is 2. The van der Waals surface area contributed by atoms with E-state index >= 15 is 0 Å². The van der Waals surface area contributed by atoms with Gasteiger partial charge in [0.2, 0.25) is 0 Å². The summed E-state index contributed by atoms with van der Waals surface area (Å²) in [6.07, 6.45) is 0.727. The number of aliphatic hydroxyl groups is 1. The number of halogens is 1. The summed E-state index contributed by atoms with van der Waals surface area (Å²) in [6.45, 7) is 1.58. The van der Waals surface area contributed by atoms with E-state index in [4.69, 9.17) is 26.2 Å². The topological polar surface area (TPSA) is 50.7 Å². The minimum absolute atomic E-state index is 0.187. The average Bonchev–Trinajstić information content (AvgIpc) is 2.35. The number of rotatable bonds is 7. The second-order valence-corrected chi connectivity index (χ2v) is 3.96. The molecule has 0 aliphatic carbocycles. The first kappa shape index (κ1) is 14.1. The van der Waals surface area contributed by atoms with Gasteiger partial charge < -0.3 is 19.9 Å². The molecule has 0 bridgehead atoms. The van der Waals surface area contributed by atoms with Crippen molar-refractivity contribution in [2.24, 2.45) is 0 Å². The molecule has 0 spiro atoms. The molecule has 1 rings (SSSR count). The molecular formula is C12H18ClNO3. The van der Waals surface area contributed by atoms with Crippen molar-refractivity contribution in [3.8, 4) is 11.5 Å². The third-order valence-electron chi connectivity index (χ3n) is 2.38. The molecule has 0 amide bonds. The number of benzene rings is 1. The summed E-state index contributed by atoms with van der Waals surface area (Å²) >= 11 is 6.12. The lowest BCUT2D eigenvalue weighted by atomic mass is 10.2. The van der Waals surface area contributed by atoms with Gasteiger partial charge in [-0.25, -0.2) is 0 Å². The highest BCUT2D eigenvalue weighted by atomic mass is 35.5. The number of methoxy groups -OCH3 is 2. The second-order valence-electron chi connectivity index (χ2n) is 3.55. The fourth-order valence-electron chi connectivity index (χ4n) is 1.46. The van der Waals surface area contributed by atoms with Gasteiger partial charge in [0.1, 0.15) is 0 Å². The minimum Gasteiger partial charge on any atom is -0.493 e. The number of hydrogen-bond donors (Lipinski definition) is 2. The van der Waals surface area contributed by atoms with Crippen molar-refractivity contribution in [1.82, 2.24) is 5.32 Å². The third-order valence-corrected chi connectivity index (χ3v) is 2.73. The first-order valence-electron chi connectivity index (χ1n) is 5.45. The van der Waals surface area contributed by atoms with Gasteiger partial charge >= 0.3 is 0 Å². The van der Waals surface area contributed by atoms with Crippen LogP contribution in [0.4, 0.5) is 0 Å². The maximum absolute atomic E-state index is 8.67. The van der Waals surface area contributed by atoms with E-state index in [9.17, 15) is 0 Å². The zero-order chi connectivity index (χ0) is 12.7. The standard InChI is InChI=1S/C12H18ClNO3/c1-16-11-6-9(8-14-4-3-5-15)10(13)7-12(11)17-2/h6-7,14-15H,3-5,8H2,1-2H3. The molecule has 1 aromatic rings. The van der Waals surface area contributed by atoms with Gasteiger partial charge in [0.25, 0.3) is 0 Å². The lowest BCUT2D eigenvalue weighted by Gasteiger charge is -2.12. The van der Waals surface area contributed by atoms with Crippen molar-refractivity contribution in [2.75, 3.05) is 27.4 Å². The van der Waals surface area contributed by atoms with Gasteiger partial charge in [-0.3, -0.25) is 0 Å². The smallest absolute Gasteiger partial charge is 0.162 e. The summed E-state index contributed by atoms with van der Waals surface area (Å²) in [4.78, 5) is 0. The molecule has 5 heteroatoms. The van der Waals surface area contributed by atoms with E-state index in [0.29, 0.717) is 23.1 Å². The second kappa shape index (κ2) is 7.37.